The van der Waals surface area contributed by atoms with Gasteiger partial charge in [-0.15, -0.1) is 0 Å². The van der Waals surface area contributed by atoms with E-state index in [9.17, 15) is 15.0 Å². The van der Waals surface area contributed by atoms with Crippen LogP contribution >= 0.6 is 0 Å². The minimum absolute atomic E-state index is 0.0570. The molecule has 0 unspecified atom stereocenters. The molecule has 0 amide bonds. The van der Waals surface area contributed by atoms with Crippen molar-refractivity contribution in [1.29, 1.82) is 0 Å². The van der Waals surface area contributed by atoms with Gasteiger partial charge in [-0.05, 0) is 35.9 Å². The quantitative estimate of drug-likeness (QED) is 0.408. The third-order valence-electron chi connectivity index (χ3n) is 3.77. The molecule has 2 N–H and O–H groups in total. The van der Waals surface area contributed by atoms with E-state index in [0.29, 0.717) is 22.8 Å². The average molecular weight is 386 g/mol. The topological polar surface area (TPSA) is 94.5 Å². The summed E-state index contributed by atoms with van der Waals surface area (Å²) < 4.78 is 20.9. The van der Waals surface area contributed by atoms with E-state index in [2.05, 4.69) is 0 Å². The van der Waals surface area contributed by atoms with Crippen molar-refractivity contribution in [2.45, 2.75) is 0 Å². The second-order valence-corrected chi connectivity index (χ2v) is 5.56. The molecular weight excluding hydrogens is 364 g/mol. The molecule has 0 atom stereocenters. The highest BCUT2D eigenvalue weighted by atomic mass is 16.5. The van der Waals surface area contributed by atoms with E-state index >= 15 is 0 Å². The maximum atomic E-state index is 11.8. The Morgan fingerprint density at radius 3 is 2.21 bits per heavy atom. The Labute approximate surface area is 163 Å². The zero-order chi connectivity index (χ0) is 20.5. The molecule has 28 heavy (non-hydrogen) atoms. The predicted octanol–water partition coefficient (Wildman–Crippen LogP) is 3.39. The first-order valence-electron chi connectivity index (χ1n) is 8.31. The molecule has 0 saturated carbocycles. The molecule has 0 aliphatic rings. The van der Waals surface area contributed by atoms with E-state index in [0.717, 1.165) is 5.56 Å². The molecule has 0 aliphatic carbocycles. The van der Waals surface area contributed by atoms with Crippen LogP contribution in [0.15, 0.2) is 42.5 Å². The number of ether oxygens (including phenoxy) is 4. The maximum Gasteiger partial charge on any atom is 0.331 e. The lowest BCUT2D eigenvalue weighted by molar-refractivity contribution is -0.136. The molecule has 0 saturated heterocycles. The Hall–Kier alpha value is -3.61. The van der Waals surface area contributed by atoms with Crippen LogP contribution in [-0.4, -0.2) is 44.1 Å². The lowest BCUT2D eigenvalue weighted by atomic mass is 10.1. The van der Waals surface area contributed by atoms with Crippen molar-refractivity contribution < 1.29 is 34.0 Å². The molecule has 0 spiro atoms. The SMILES string of the molecule is COc1cc(OC)c(OC)cc1/C=C/COC(=O)/C=C/c1ccc(O)c(O)c1. The summed E-state index contributed by atoms with van der Waals surface area (Å²) in [5.74, 6) is 0.662. The van der Waals surface area contributed by atoms with Crippen LogP contribution in [-0.2, 0) is 9.53 Å². The highest BCUT2D eigenvalue weighted by molar-refractivity contribution is 5.87. The number of aromatic hydroxyl groups is 2. The van der Waals surface area contributed by atoms with Gasteiger partial charge in [-0.3, -0.25) is 0 Å². The molecular formula is C21H22O7. The van der Waals surface area contributed by atoms with E-state index in [1.165, 1.54) is 24.3 Å². The first-order valence-corrected chi connectivity index (χ1v) is 8.31. The van der Waals surface area contributed by atoms with Crippen LogP contribution in [0.25, 0.3) is 12.2 Å². The van der Waals surface area contributed by atoms with Gasteiger partial charge >= 0.3 is 5.97 Å². The van der Waals surface area contributed by atoms with Crippen molar-refractivity contribution in [3.63, 3.8) is 0 Å². The smallest absolute Gasteiger partial charge is 0.331 e. The van der Waals surface area contributed by atoms with Crippen LogP contribution in [0.1, 0.15) is 11.1 Å². The van der Waals surface area contributed by atoms with Crippen molar-refractivity contribution in [2.75, 3.05) is 27.9 Å². The first kappa shape index (κ1) is 20.7. The Morgan fingerprint density at radius 1 is 0.893 bits per heavy atom. The standard InChI is InChI=1S/C21H22O7/c1-25-18-13-20(27-3)19(26-2)12-15(18)5-4-10-28-21(24)9-7-14-6-8-16(22)17(23)11-14/h4-9,11-13,22-23H,10H2,1-3H3/b5-4+,9-7+. The van der Waals surface area contributed by atoms with Gasteiger partial charge in [0.05, 0.1) is 21.3 Å². The van der Waals surface area contributed by atoms with Gasteiger partial charge in [-0.1, -0.05) is 12.1 Å². The summed E-state index contributed by atoms with van der Waals surface area (Å²) in [5.41, 5.74) is 1.30. The second kappa shape index (κ2) is 9.91. The van der Waals surface area contributed by atoms with Crippen molar-refractivity contribution >= 4 is 18.1 Å². The van der Waals surface area contributed by atoms with E-state index in [-0.39, 0.29) is 18.1 Å². The lowest BCUT2D eigenvalue weighted by Gasteiger charge is -2.12. The van der Waals surface area contributed by atoms with Crippen LogP contribution in [0.3, 0.4) is 0 Å². The molecule has 0 heterocycles. The van der Waals surface area contributed by atoms with Gasteiger partial charge < -0.3 is 29.2 Å². The maximum absolute atomic E-state index is 11.8. The zero-order valence-corrected chi connectivity index (χ0v) is 15.8. The van der Waals surface area contributed by atoms with E-state index in [1.807, 2.05) is 0 Å². The van der Waals surface area contributed by atoms with Crippen molar-refractivity contribution in [3.8, 4) is 28.7 Å². The number of methoxy groups -OCH3 is 3. The fraction of sp³-hybridized carbons (Fsp3) is 0.190. The molecule has 0 radical (unpaired) electrons. The molecule has 7 nitrogen and oxygen atoms in total. The molecule has 7 heteroatoms. The lowest BCUT2D eigenvalue weighted by Crippen LogP contribution is -2.00. The fourth-order valence-corrected chi connectivity index (χ4v) is 2.34. The van der Waals surface area contributed by atoms with E-state index < -0.39 is 5.97 Å². The Balaban J connectivity index is 1.96. The molecule has 0 aliphatic heterocycles. The number of hydrogen-bond acceptors (Lipinski definition) is 7. The Morgan fingerprint density at radius 2 is 1.57 bits per heavy atom. The average Bonchev–Trinajstić information content (AvgIpc) is 2.71. The van der Waals surface area contributed by atoms with Crippen molar-refractivity contribution in [2.24, 2.45) is 0 Å². The summed E-state index contributed by atoms with van der Waals surface area (Å²) in [6.07, 6.45) is 6.12. The van der Waals surface area contributed by atoms with Gasteiger partial charge in [0.1, 0.15) is 12.4 Å². The second-order valence-electron chi connectivity index (χ2n) is 5.56. The highest BCUT2D eigenvalue weighted by Crippen LogP contribution is 2.35. The summed E-state index contributed by atoms with van der Waals surface area (Å²) in [4.78, 5) is 11.8. The normalized spacial score (nSPS) is 11.0. The van der Waals surface area contributed by atoms with Gasteiger partial charge in [-0.25, -0.2) is 4.79 Å². The molecule has 2 aromatic carbocycles. The third-order valence-corrected chi connectivity index (χ3v) is 3.77. The largest absolute Gasteiger partial charge is 0.504 e. The molecule has 0 fully saturated rings. The number of phenols is 2. The van der Waals surface area contributed by atoms with Crippen LogP contribution in [0.4, 0.5) is 0 Å². The summed E-state index contributed by atoms with van der Waals surface area (Å²) in [5, 5.41) is 18.7. The monoisotopic (exact) mass is 386 g/mol. The molecule has 2 aromatic rings. The van der Waals surface area contributed by atoms with Crippen LogP contribution in [0, 0.1) is 0 Å². The minimum atomic E-state index is -0.545. The molecule has 2 rings (SSSR count). The minimum Gasteiger partial charge on any atom is -0.504 e. The van der Waals surface area contributed by atoms with Gasteiger partial charge in [-0.2, -0.15) is 0 Å². The van der Waals surface area contributed by atoms with Crippen molar-refractivity contribution in [3.05, 3.63) is 53.6 Å². The van der Waals surface area contributed by atoms with Gasteiger partial charge in [0.2, 0.25) is 0 Å². The predicted molar refractivity (Wildman–Crippen MR) is 105 cm³/mol. The van der Waals surface area contributed by atoms with Crippen LogP contribution in [0.5, 0.6) is 28.7 Å². The fourth-order valence-electron chi connectivity index (χ4n) is 2.34. The zero-order valence-electron chi connectivity index (χ0n) is 15.8. The Kier molecular flexibility index (Phi) is 7.33. The van der Waals surface area contributed by atoms with E-state index in [1.54, 1.807) is 51.7 Å². The van der Waals surface area contributed by atoms with Crippen LogP contribution < -0.4 is 14.2 Å². The van der Waals surface area contributed by atoms with Gasteiger partial charge in [0, 0.05) is 17.7 Å². The van der Waals surface area contributed by atoms with Crippen molar-refractivity contribution in [1.82, 2.24) is 0 Å². The van der Waals surface area contributed by atoms with Gasteiger partial charge in [0.15, 0.2) is 23.0 Å². The van der Waals surface area contributed by atoms with Crippen LogP contribution in [0.2, 0.25) is 0 Å². The molecule has 0 bridgehead atoms. The highest BCUT2D eigenvalue weighted by Gasteiger charge is 2.09. The number of phenolic OH excluding ortho intramolecular Hbond substituents is 2. The number of carbonyl (C=O) groups is 1. The molecule has 148 valence electrons. The molecule has 0 aromatic heterocycles. The Bertz CT molecular complexity index is 885. The number of benzene rings is 2. The number of carbonyl (C=O) groups excluding carboxylic acids is 1. The van der Waals surface area contributed by atoms with Gasteiger partial charge in [0.25, 0.3) is 0 Å². The number of rotatable bonds is 8. The summed E-state index contributed by atoms with van der Waals surface area (Å²) in [6.45, 7) is 0.0570. The summed E-state index contributed by atoms with van der Waals surface area (Å²) in [7, 11) is 4.63. The number of esters is 1. The third kappa shape index (κ3) is 5.44. The summed E-state index contributed by atoms with van der Waals surface area (Å²) in [6, 6.07) is 7.69. The number of hydrogen-bond donors (Lipinski definition) is 2. The first-order chi connectivity index (χ1) is 13.5. The summed E-state index contributed by atoms with van der Waals surface area (Å²) >= 11 is 0. The van der Waals surface area contributed by atoms with E-state index in [4.69, 9.17) is 18.9 Å².